The molecule has 2 heterocycles. The van der Waals surface area contributed by atoms with Gasteiger partial charge in [-0.05, 0) is 57.6 Å². The summed E-state index contributed by atoms with van der Waals surface area (Å²) in [4.78, 5) is 2.40. The van der Waals surface area contributed by atoms with E-state index < -0.39 is 0 Å². The van der Waals surface area contributed by atoms with E-state index in [0.29, 0.717) is 12.1 Å². The minimum atomic E-state index is 0.343. The predicted octanol–water partition coefficient (Wildman–Crippen LogP) is 2.59. The fourth-order valence-corrected chi connectivity index (χ4v) is 3.07. The van der Waals surface area contributed by atoms with Gasteiger partial charge >= 0.3 is 0 Å². The van der Waals surface area contributed by atoms with Gasteiger partial charge in [-0.1, -0.05) is 6.07 Å². The number of hydrogen-bond donors (Lipinski definition) is 1. The maximum atomic E-state index is 5.78. The van der Waals surface area contributed by atoms with Crippen molar-refractivity contribution in [2.45, 2.75) is 38.3 Å². The summed E-state index contributed by atoms with van der Waals surface area (Å²) in [5.41, 5.74) is 1.28. The van der Waals surface area contributed by atoms with Crippen LogP contribution in [-0.2, 0) is 0 Å². The highest BCUT2D eigenvalue weighted by atomic mass is 16.5. The van der Waals surface area contributed by atoms with E-state index in [0.717, 1.165) is 31.1 Å². The minimum Gasteiger partial charge on any atom is -0.490 e. The molecular formula is C17H26N2O2. The fourth-order valence-electron chi connectivity index (χ4n) is 3.07. The van der Waals surface area contributed by atoms with Gasteiger partial charge in [0, 0.05) is 18.5 Å². The zero-order chi connectivity index (χ0) is 14.7. The number of fused-ring (bicyclic) bond motifs is 1. The Morgan fingerprint density at radius 1 is 1.14 bits per heavy atom. The van der Waals surface area contributed by atoms with Gasteiger partial charge in [-0.3, -0.25) is 0 Å². The Labute approximate surface area is 127 Å². The van der Waals surface area contributed by atoms with E-state index in [1.54, 1.807) is 0 Å². The number of benzene rings is 1. The molecule has 21 heavy (non-hydrogen) atoms. The van der Waals surface area contributed by atoms with Gasteiger partial charge < -0.3 is 19.7 Å². The average molecular weight is 290 g/mol. The molecule has 4 nitrogen and oxygen atoms in total. The second-order valence-corrected chi connectivity index (χ2v) is 6.22. The lowest BCUT2D eigenvalue weighted by atomic mass is 10.0. The molecule has 1 unspecified atom stereocenters. The number of nitrogens with one attached hydrogen (secondary N) is 1. The van der Waals surface area contributed by atoms with Gasteiger partial charge in [0.2, 0.25) is 0 Å². The monoisotopic (exact) mass is 290 g/mol. The Balaban J connectivity index is 1.64. The van der Waals surface area contributed by atoms with Gasteiger partial charge in [0.15, 0.2) is 11.5 Å². The molecule has 1 atom stereocenters. The molecule has 1 aromatic rings. The van der Waals surface area contributed by atoms with Crippen LogP contribution in [0.15, 0.2) is 18.2 Å². The Morgan fingerprint density at radius 3 is 2.62 bits per heavy atom. The highest BCUT2D eigenvalue weighted by Crippen LogP contribution is 2.32. The Morgan fingerprint density at radius 2 is 1.86 bits per heavy atom. The molecule has 116 valence electrons. The number of piperidine rings is 1. The lowest BCUT2D eigenvalue weighted by Gasteiger charge is -2.31. The number of nitrogens with zero attached hydrogens (tertiary/aromatic N) is 1. The highest BCUT2D eigenvalue weighted by molar-refractivity contribution is 5.44. The number of rotatable bonds is 3. The second kappa shape index (κ2) is 6.67. The summed E-state index contributed by atoms with van der Waals surface area (Å²) in [6.07, 6.45) is 3.41. The third-order valence-electron chi connectivity index (χ3n) is 4.48. The van der Waals surface area contributed by atoms with Crippen molar-refractivity contribution in [2.75, 3.05) is 33.4 Å². The van der Waals surface area contributed by atoms with E-state index in [9.17, 15) is 0 Å². The Hall–Kier alpha value is -1.26. The third kappa shape index (κ3) is 3.69. The van der Waals surface area contributed by atoms with Crippen LogP contribution in [0.3, 0.4) is 0 Å². The normalized spacial score (nSPS) is 21.8. The number of ether oxygens (including phenoxy) is 2. The zero-order valence-electron chi connectivity index (χ0n) is 13.1. The first-order valence-electron chi connectivity index (χ1n) is 8.06. The lowest BCUT2D eigenvalue weighted by molar-refractivity contribution is 0.226. The summed E-state index contributed by atoms with van der Waals surface area (Å²) in [6.45, 7) is 6.09. The van der Waals surface area contributed by atoms with E-state index in [1.807, 2.05) is 6.07 Å². The van der Waals surface area contributed by atoms with E-state index in [-0.39, 0.29) is 0 Å². The van der Waals surface area contributed by atoms with Gasteiger partial charge in [-0.2, -0.15) is 0 Å². The molecular weight excluding hydrogens is 264 g/mol. The number of likely N-dealkylation sites (tertiary alicyclic amines) is 1. The van der Waals surface area contributed by atoms with E-state index in [1.165, 1.54) is 31.5 Å². The fraction of sp³-hybridized carbons (Fsp3) is 0.647. The summed E-state index contributed by atoms with van der Waals surface area (Å²) in [6, 6.07) is 7.29. The zero-order valence-corrected chi connectivity index (χ0v) is 13.1. The highest BCUT2D eigenvalue weighted by Gasteiger charge is 2.20. The minimum absolute atomic E-state index is 0.343. The maximum absolute atomic E-state index is 5.78. The van der Waals surface area contributed by atoms with Crippen molar-refractivity contribution in [2.24, 2.45) is 0 Å². The largest absolute Gasteiger partial charge is 0.490 e. The topological polar surface area (TPSA) is 33.7 Å². The first kappa shape index (κ1) is 14.7. The van der Waals surface area contributed by atoms with E-state index in [4.69, 9.17) is 9.47 Å². The van der Waals surface area contributed by atoms with Crippen molar-refractivity contribution in [3.63, 3.8) is 0 Å². The van der Waals surface area contributed by atoms with Crippen LogP contribution in [0.2, 0.25) is 0 Å². The Kier molecular flexibility index (Phi) is 4.66. The molecule has 1 saturated heterocycles. The van der Waals surface area contributed by atoms with Gasteiger partial charge in [-0.25, -0.2) is 0 Å². The molecule has 0 aromatic heterocycles. The summed E-state index contributed by atoms with van der Waals surface area (Å²) in [7, 11) is 2.20. The molecule has 0 bridgehead atoms. The molecule has 2 aliphatic rings. The molecule has 1 N–H and O–H groups in total. The SMILES string of the molecule is CC(NC1CCN(C)CC1)c1ccc2c(c1)OCCCO2. The molecule has 0 aliphatic carbocycles. The van der Waals surface area contributed by atoms with Crippen molar-refractivity contribution in [1.29, 1.82) is 0 Å². The van der Waals surface area contributed by atoms with Gasteiger partial charge in [0.1, 0.15) is 0 Å². The number of hydrogen-bond acceptors (Lipinski definition) is 4. The smallest absolute Gasteiger partial charge is 0.161 e. The standard InChI is InChI=1S/C17H26N2O2/c1-13(18-15-6-8-19(2)9-7-15)14-4-5-16-17(12-14)21-11-3-10-20-16/h4-5,12-13,15,18H,3,6-11H2,1-2H3. The first-order chi connectivity index (χ1) is 10.2. The van der Waals surface area contributed by atoms with E-state index >= 15 is 0 Å². The van der Waals surface area contributed by atoms with Crippen molar-refractivity contribution < 1.29 is 9.47 Å². The lowest BCUT2D eigenvalue weighted by Crippen LogP contribution is -2.41. The summed E-state index contributed by atoms with van der Waals surface area (Å²) >= 11 is 0. The van der Waals surface area contributed by atoms with Crippen molar-refractivity contribution in [3.05, 3.63) is 23.8 Å². The quantitative estimate of drug-likeness (QED) is 0.928. The molecule has 0 spiro atoms. The molecule has 2 aliphatic heterocycles. The van der Waals surface area contributed by atoms with Crippen LogP contribution < -0.4 is 14.8 Å². The van der Waals surface area contributed by atoms with Crippen molar-refractivity contribution in [1.82, 2.24) is 10.2 Å². The van der Waals surface area contributed by atoms with Gasteiger partial charge in [-0.15, -0.1) is 0 Å². The maximum Gasteiger partial charge on any atom is 0.161 e. The van der Waals surface area contributed by atoms with Crippen LogP contribution in [0, 0.1) is 0 Å². The van der Waals surface area contributed by atoms with Crippen LogP contribution in [0.1, 0.15) is 37.8 Å². The molecule has 0 amide bonds. The van der Waals surface area contributed by atoms with Crippen LogP contribution in [0.5, 0.6) is 11.5 Å². The summed E-state index contributed by atoms with van der Waals surface area (Å²) in [5.74, 6) is 1.77. The van der Waals surface area contributed by atoms with Gasteiger partial charge in [0.05, 0.1) is 13.2 Å². The molecule has 0 saturated carbocycles. The molecule has 4 heteroatoms. The first-order valence-corrected chi connectivity index (χ1v) is 8.06. The third-order valence-corrected chi connectivity index (χ3v) is 4.48. The van der Waals surface area contributed by atoms with E-state index in [2.05, 4.69) is 36.3 Å². The van der Waals surface area contributed by atoms with Crippen LogP contribution in [-0.4, -0.2) is 44.3 Å². The molecule has 3 rings (SSSR count). The van der Waals surface area contributed by atoms with Crippen LogP contribution in [0.25, 0.3) is 0 Å². The van der Waals surface area contributed by atoms with Crippen molar-refractivity contribution in [3.8, 4) is 11.5 Å². The van der Waals surface area contributed by atoms with Gasteiger partial charge in [0.25, 0.3) is 0 Å². The molecule has 0 radical (unpaired) electrons. The van der Waals surface area contributed by atoms with Crippen molar-refractivity contribution >= 4 is 0 Å². The van der Waals surface area contributed by atoms with Crippen LogP contribution in [0.4, 0.5) is 0 Å². The predicted molar refractivity (Wildman–Crippen MR) is 84.1 cm³/mol. The second-order valence-electron chi connectivity index (χ2n) is 6.22. The summed E-state index contributed by atoms with van der Waals surface area (Å²) in [5, 5.41) is 3.76. The average Bonchev–Trinajstić information content (AvgIpc) is 2.74. The Bertz CT molecular complexity index is 470. The van der Waals surface area contributed by atoms with Crippen LogP contribution >= 0.6 is 0 Å². The molecule has 1 fully saturated rings. The summed E-state index contributed by atoms with van der Waals surface area (Å²) < 4.78 is 11.5. The molecule has 1 aromatic carbocycles.